The molecule has 0 fully saturated rings. The lowest BCUT2D eigenvalue weighted by atomic mass is 10.7. The second-order valence-electron chi connectivity index (χ2n) is 2.94. The zero-order chi connectivity index (χ0) is 11.8. The summed E-state index contributed by atoms with van der Waals surface area (Å²) >= 11 is 0. The molecule has 0 saturated heterocycles. The van der Waals surface area contributed by atoms with Crippen molar-refractivity contribution in [3.05, 3.63) is 0 Å². The van der Waals surface area contributed by atoms with Gasteiger partial charge in [0.15, 0.2) is 0 Å². The minimum absolute atomic E-state index is 0.137. The number of hydrogen-bond acceptors (Lipinski definition) is 4. The van der Waals surface area contributed by atoms with Crippen LogP contribution in [0.15, 0.2) is 0 Å². The number of carbonyl (C=O) groups is 2. The second-order valence-corrected chi connectivity index (χ2v) is 2.94. The van der Waals surface area contributed by atoms with E-state index in [9.17, 15) is 9.59 Å². The molecule has 0 N–H and O–H groups in total. The van der Waals surface area contributed by atoms with Gasteiger partial charge >= 0.3 is 12.2 Å². The fourth-order valence-electron chi connectivity index (χ4n) is 0.901. The number of carbonyl (C=O) groups excluding carboxylic acids is 2. The molecular weight excluding hydrogens is 200 g/mol. The third-order valence-corrected chi connectivity index (χ3v) is 1.58. The number of ether oxygens (including phenoxy) is 2. The molecule has 6 nitrogen and oxygen atoms in total. The molecule has 0 aliphatic rings. The van der Waals surface area contributed by atoms with Crippen molar-refractivity contribution in [1.82, 2.24) is 9.80 Å². The predicted molar refractivity (Wildman–Crippen MR) is 54.4 cm³/mol. The first-order valence-corrected chi connectivity index (χ1v) is 4.78. The van der Waals surface area contributed by atoms with E-state index in [1.165, 1.54) is 9.80 Å². The van der Waals surface area contributed by atoms with E-state index in [2.05, 4.69) is 0 Å². The molecule has 0 spiro atoms. The summed E-state index contributed by atoms with van der Waals surface area (Å²) < 4.78 is 9.50. The number of amides is 2. The van der Waals surface area contributed by atoms with Crippen LogP contribution in [0, 0.1) is 0 Å². The van der Waals surface area contributed by atoms with E-state index < -0.39 is 12.2 Å². The van der Waals surface area contributed by atoms with Gasteiger partial charge in [0, 0.05) is 14.1 Å². The standard InChI is InChI=1S/C9H18N2O4/c1-5-14-8(12)10(3)7-11(4)9(13)15-6-2/h5-7H2,1-4H3. The van der Waals surface area contributed by atoms with Gasteiger partial charge in [-0.1, -0.05) is 0 Å². The van der Waals surface area contributed by atoms with Crippen molar-refractivity contribution in [3.63, 3.8) is 0 Å². The number of hydrogen-bond donors (Lipinski definition) is 0. The van der Waals surface area contributed by atoms with Gasteiger partial charge in [-0.25, -0.2) is 9.59 Å². The first-order valence-electron chi connectivity index (χ1n) is 4.78. The summed E-state index contributed by atoms with van der Waals surface area (Å²) in [5, 5.41) is 0. The van der Waals surface area contributed by atoms with Gasteiger partial charge in [0.05, 0.1) is 13.2 Å². The quantitative estimate of drug-likeness (QED) is 0.663. The van der Waals surface area contributed by atoms with Gasteiger partial charge < -0.3 is 9.47 Å². The summed E-state index contributed by atoms with van der Waals surface area (Å²) in [6.07, 6.45) is -0.928. The van der Waals surface area contributed by atoms with E-state index in [1.807, 2.05) is 0 Å². The molecule has 0 radical (unpaired) electrons. The molecule has 6 heteroatoms. The van der Waals surface area contributed by atoms with Crippen LogP contribution in [-0.2, 0) is 9.47 Å². The van der Waals surface area contributed by atoms with Crippen LogP contribution in [0.25, 0.3) is 0 Å². The van der Waals surface area contributed by atoms with Crippen molar-refractivity contribution in [3.8, 4) is 0 Å². The Morgan fingerprint density at radius 3 is 1.53 bits per heavy atom. The SMILES string of the molecule is CCOC(=O)N(C)CN(C)C(=O)OCC. The lowest BCUT2D eigenvalue weighted by molar-refractivity contribution is 0.0789. The van der Waals surface area contributed by atoms with Gasteiger partial charge in [-0.15, -0.1) is 0 Å². The Bertz CT molecular complexity index is 198. The topological polar surface area (TPSA) is 59.1 Å². The van der Waals surface area contributed by atoms with Crippen LogP contribution in [0.5, 0.6) is 0 Å². The van der Waals surface area contributed by atoms with Gasteiger partial charge in [-0.05, 0) is 13.8 Å². The first-order chi connectivity index (χ1) is 7.02. The smallest absolute Gasteiger partial charge is 0.410 e. The van der Waals surface area contributed by atoms with Crippen molar-refractivity contribution in [2.45, 2.75) is 13.8 Å². The average Bonchev–Trinajstić information content (AvgIpc) is 2.18. The number of rotatable bonds is 4. The molecule has 0 aliphatic heterocycles. The molecule has 0 aromatic carbocycles. The van der Waals surface area contributed by atoms with Crippen LogP contribution in [0.3, 0.4) is 0 Å². The summed E-state index contributed by atoms with van der Waals surface area (Å²) in [7, 11) is 3.10. The normalized spacial score (nSPS) is 9.33. The van der Waals surface area contributed by atoms with E-state index in [1.54, 1.807) is 27.9 Å². The molecule has 0 saturated carbocycles. The molecule has 0 bridgehead atoms. The molecule has 0 atom stereocenters. The maximum absolute atomic E-state index is 11.2. The third-order valence-electron chi connectivity index (χ3n) is 1.58. The van der Waals surface area contributed by atoms with Crippen molar-refractivity contribution >= 4 is 12.2 Å². The Labute approximate surface area is 89.7 Å². The molecule has 0 heterocycles. The maximum atomic E-state index is 11.2. The fourth-order valence-corrected chi connectivity index (χ4v) is 0.901. The third kappa shape index (κ3) is 5.09. The van der Waals surface area contributed by atoms with E-state index in [0.29, 0.717) is 13.2 Å². The summed E-state index contributed by atoms with van der Waals surface area (Å²) in [5.74, 6) is 0. The van der Waals surface area contributed by atoms with Crippen LogP contribution in [0.4, 0.5) is 9.59 Å². The molecule has 0 aromatic heterocycles. The summed E-state index contributed by atoms with van der Waals surface area (Å²) in [6.45, 7) is 4.21. The van der Waals surface area contributed by atoms with Gasteiger partial charge in [0.1, 0.15) is 6.67 Å². The Kier molecular flexibility index (Phi) is 6.24. The number of nitrogens with zero attached hydrogens (tertiary/aromatic N) is 2. The Morgan fingerprint density at radius 2 is 1.27 bits per heavy atom. The molecular formula is C9H18N2O4. The predicted octanol–water partition coefficient (Wildman–Crippen LogP) is 1.12. The van der Waals surface area contributed by atoms with Crippen molar-refractivity contribution < 1.29 is 19.1 Å². The second kappa shape index (κ2) is 6.92. The highest BCUT2D eigenvalue weighted by Crippen LogP contribution is 1.95. The van der Waals surface area contributed by atoms with Crippen LogP contribution in [0.1, 0.15) is 13.8 Å². The van der Waals surface area contributed by atoms with Gasteiger partial charge in [-0.2, -0.15) is 0 Å². The largest absolute Gasteiger partial charge is 0.450 e. The van der Waals surface area contributed by atoms with Crippen molar-refractivity contribution in [2.24, 2.45) is 0 Å². The Hall–Kier alpha value is -1.46. The van der Waals surface area contributed by atoms with E-state index in [4.69, 9.17) is 9.47 Å². The molecule has 0 rings (SSSR count). The molecule has 0 aliphatic carbocycles. The molecule has 88 valence electrons. The van der Waals surface area contributed by atoms with Gasteiger partial charge in [0.2, 0.25) is 0 Å². The maximum Gasteiger partial charge on any atom is 0.410 e. The van der Waals surface area contributed by atoms with Gasteiger partial charge in [0.25, 0.3) is 0 Å². The fraction of sp³-hybridized carbons (Fsp3) is 0.778. The minimum atomic E-state index is -0.464. The van der Waals surface area contributed by atoms with E-state index in [-0.39, 0.29) is 6.67 Å². The lowest BCUT2D eigenvalue weighted by Gasteiger charge is -2.23. The van der Waals surface area contributed by atoms with E-state index in [0.717, 1.165) is 0 Å². The van der Waals surface area contributed by atoms with Crippen molar-refractivity contribution in [2.75, 3.05) is 34.0 Å². The molecule has 2 amide bonds. The lowest BCUT2D eigenvalue weighted by Crippen LogP contribution is -2.40. The highest BCUT2D eigenvalue weighted by molar-refractivity contribution is 5.70. The molecule has 0 aromatic rings. The summed E-state index contributed by atoms with van der Waals surface area (Å²) in [6, 6.07) is 0. The van der Waals surface area contributed by atoms with Crippen LogP contribution in [-0.4, -0.2) is 56.0 Å². The highest BCUT2D eigenvalue weighted by atomic mass is 16.6. The molecule has 15 heavy (non-hydrogen) atoms. The van der Waals surface area contributed by atoms with Gasteiger partial charge in [-0.3, -0.25) is 9.80 Å². The summed E-state index contributed by atoms with van der Waals surface area (Å²) in [5.41, 5.74) is 0. The summed E-state index contributed by atoms with van der Waals surface area (Å²) in [4.78, 5) is 25.0. The first kappa shape index (κ1) is 13.5. The zero-order valence-corrected chi connectivity index (χ0v) is 9.65. The van der Waals surface area contributed by atoms with Crippen LogP contribution in [0.2, 0.25) is 0 Å². The zero-order valence-electron chi connectivity index (χ0n) is 9.65. The Morgan fingerprint density at radius 1 is 0.933 bits per heavy atom. The highest BCUT2D eigenvalue weighted by Gasteiger charge is 2.15. The van der Waals surface area contributed by atoms with E-state index >= 15 is 0 Å². The Balaban J connectivity index is 3.99. The van der Waals surface area contributed by atoms with Crippen LogP contribution < -0.4 is 0 Å². The van der Waals surface area contributed by atoms with Crippen LogP contribution >= 0.6 is 0 Å². The minimum Gasteiger partial charge on any atom is -0.450 e. The monoisotopic (exact) mass is 218 g/mol. The molecule has 0 unspecified atom stereocenters. The van der Waals surface area contributed by atoms with Crippen molar-refractivity contribution in [1.29, 1.82) is 0 Å². The average molecular weight is 218 g/mol.